The molecule has 1 N–H and O–H groups in total. The maximum atomic E-state index is 13.7. The number of benzene rings is 1. The molecule has 26 heavy (non-hydrogen) atoms. The summed E-state index contributed by atoms with van der Waals surface area (Å²) in [6.45, 7) is 5.67. The molecule has 1 amide bonds. The van der Waals surface area contributed by atoms with Crippen LogP contribution in [0.15, 0.2) is 22.7 Å². The Morgan fingerprint density at radius 3 is 2.58 bits per heavy atom. The Kier molecular flexibility index (Phi) is 6.35. The molecule has 2 rings (SSSR count). The normalized spacial score (nSPS) is 21.1. The molecule has 1 fully saturated rings. The van der Waals surface area contributed by atoms with E-state index in [0.717, 1.165) is 6.26 Å². The third-order valence-corrected chi connectivity index (χ3v) is 5.10. The second kappa shape index (κ2) is 7.82. The van der Waals surface area contributed by atoms with Crippen molar-refractivity contribution in [2.75, 3.05) is 12.8 Å². The summed E-state index contributed by atoms with van der Waals surface area (Å²) < 4.78 is 45.7. The van der Waals surface area contributed by atoms with E-state index in [4.69, 9.17) is 4.74 Å². The fraction of sp³-hybridized carbons (Fsp3) is 0.588. The third kappa shape index (κ3) is 6.21. The van der Waals surface area contributed by atoms with E-state index in [2.05, 4.69) is 20.7 Å². The summed E-state index contributed by atoms with van der Waals surface area (Å²) >= 11 is 3.25. The van der Waals surface area contributed by atoms with Gasteiger partial charge in [0.1, 0.15) is 11.4 Å². The average Bonchev–Trinajstić information content (AvgIpc) is 2.76. The van der Waals surface area contributed by atoms with Gasteiger partial charge in [-0.3, -0.25) is 0 Å². The number of ether oxygens (including phenoxy) is 1. The molecule has 0 aliphatic carbocycles. The zero-order chi connectivity index (χ0) is 19.7. The molecule has 146 valence electrons. The fourth-order valence-corrected chi connectivity index (χ4v) is 4.37. The monoisotopic (exact) mass is 450 g/mol. The number of hydrogen-bond donors (Lipinski definition) is 1. The number of carbonyl (C=O) groups is 1. The van der Waals surface area contributed by atoms with Crippen LogP contribution in [-0.4, -0.2) is 49.9 Å². The zero-order valence-corrected chi connectivity index (χ0v) is 17.7. The first-order chi connectivity index (χ1) is 11.8. The Labute approximate surface area is 162 Å². The van der Waals surface area contributed by atoms with Gasteiger partial charge in [-0.15, -0.1) is 0 Å². The summed E-state index contributed by atoms with van der Waals surface area (Å²) in [6.07, 6.45) is 1.35. The van der Waals surface area contributed by atoms with Crippen LogP contribution in [0.3, 0.4) is 0 Å². The van der Waals surface area contributed by atoms with E-state index >= 15 is 0 Å². The molecule has 9 heteroatoms. The highest BCUT2D eigenvalue weighted by molar-refractivity contribution is 9.10. The molecule has 2 atom stereocenters. The van der Waals surface area contributed by atoms with E-state index in [1.807, 2.05) is 0 Å². The number of nitrogens with zero attached hydrogens (tertiary/aromatic N) is 1. The van der Waals surface area contributed by atoms with Gasteiger partial charge in [0, 0.05) is 17.1 Å². The first-order valence-corrected chi connectivity index (χ1v) is 10.9. The van der Waals surface area contributed by atoms with E-state index in [-0.39, 0.29) is 0 Å². The summed E-state index contributed by atoms with van der Waals surface area (Å²) in [6, 6.07) is 3.56. The van der Waals surface area contributed by atoms with Crippen LogP contribution in [0.2, 0.25) is 0 Å². The number of nitrogens with one attached hydrogen (secondary N) is 1. The molecule has 0 spiro atoms. The Morgan fingerprint density at radius 2 is 2.04 bits per heavy atom. The predicted molar refractivity (Wildman–Crippen MR) is 101 cm³/mol. The van der Waals surface area contributed by atoms with Crippen LogP contribution >= 0.6 is 15.9 Å². The molecule has 0 bridgehead atoms. The van der Waals surface area contributed by atoms with Gasteiger partial charge in [-0.2, -0.15) is 0 Å². The van der Waals surface area contributed by atoms with E-state index in [1.54, 1.807) is 26.8 Å². The van der Waals surface area contributed by atoms with E-state index in [9.17, 15) is 17.6 Å². The fourth-order valence-electron chi connectivity index (χ4n) is 3.04. The van der Waals surface area contributed by atoms with Crippen molar-refractivity contribution in [1.82, 2.24) is 9.62 Å². The van der Waals surface area contributed by atoms with Crippen molar-refractivity contribution >= 4 is 32.0 Å². The molecule has 0 unspecified atom stereocenters. The lowest BCUT2D eigenvalue weighted by molar-refractivity contribution is 0.0218. The summed E-state index contributed by atoms with van der Waals surface area (Å²) in [5.74, 6) is -0.399. The molecular weight excluding hydrogens is 427 g/mol. The van der Waals surface area contributed by atoms with Gasteiger partial charge in [0.25, 0.3) is 0 Å². The summed E-state index contributed by atoms with van der Waals surface area (Å²) in [5, 5.41) is 0. The van der Waals surface area contributed by atoms with Gasteiger partial charge in [0.05, 0.1) is 12.3 Å². The van der Waals surface area contributed by atoms with E-state index < -0.39 is 39.6 Å². The number of halogens is 2. The van der Waals surface area contributed by atoms with Crippen molar-refractivity contribution in [2.45, 2.75) is 51.3 Å². The number of carbonyl (C=O) groups excluding carboxylic acids is 1. The number of sulfonamides is 1. The number of amides is 1. The summed E-state index contributed by atoms with van der Waals surface area (Å²) in [7, 11) is -3.45. The Hall–Kier alpha value is -1.19. The van der Waals surface area contributed by atoms with Crippen LogP contribution in [0, 0.1) is 5.82 Å². The van der Waals surface area contributed by atoms with Crippen molar-refractivity contribution in [3.05, 3.63) is 34.1 Å². The third-order valence-electron chi connectivity index (χ3n) is 3.91. The van der Waals surface area contributed by atoms with Gasteiger partial charge < -0.3 is 9.64 Å². The van der Waals surface area contributed by atoms with Crippen molar-refractivity contribution in [3.8, 4) is 0 Å². The lowest BCUT2D eigenvalue weighted by Crippen LogP contribution is -2.48. The molecule has 6 nitrogen and oxygen atoms in total. The first kappa shape index (κ1) is 21.1. The van der Waals surface area contributed by atoms with Crippen molar-refractivity contribution in [3.63, 3.8) is 0 Å². The van der Waals surface area contributed by atoms with Crippen LogP contribution in [0.25, 0.3) is 0 Å². The maximum absolute atomic E-state index is 13.7. The molecule has 1 heterocycles. The number of hydrogen-bond acceptors (Lipinski definition) is 4. The van der Waals surface area contributed by atoms with Crippen LogP contribution in [0.5, 0.6) is 0 Å². The SMILES string of the molecule is CC(C)(C)OC(=O)N1CC[C@H](NS(C)(=O)=O)[C@@H]1Cc1cc(F)cc(Br)c1. The molecule has 0 saturated carbocycles. The largest absolute Gasteiger partial charge is 0.444 e. The highest BCUT2D eigenvalue weighted by atomic mass is 79.9. The van der Waals surface area contributed by atoms with Crippen molar-refractivity contribution in [2.24, 2.45) is 0 Å². The van der Waals surface area contributed by atoms with Crippen LogP contribution in [0.1, 0.15) is 32.8 Å². The topological polar surface area (TPSA) is 75.7 Å². The number of rotatable bonds is 4. The van der Waals surface area contributed by atoms with Gasteiger partial charge in [0.15, 0.2) is 0 Å². The van der Waals surface area contributed by atoms with Gasteiger partial charge in [-0.1, -0.05) is 15.9 Å². The first-order valence-electron chi connectivity index (χ1n) is 8.26. The van der Waals surface area contributed by atoms with E-state index in [1.165, 1.54) is 17.0 Å². The Bertz CT molecular complexity index is 759. The molecule has 1 aliphatic rings. The van der Waals surface area contributed by atoms with Crippen LogP contribution < -0.4 is 4.72 Å². The second-order valence-electron chi connectivity index (χ2n) is 7.51. The van der Waals surface area contributed by atoms with E-state index in [0.29, 0.717) is 29.4 Å². The molecule has 1 aliphatic heterocycles. The Morgan fingerprint density at radius 1 is 1.38 bits per heavy atom. The van der Waals surface area contributed by atoms with Crippen LogP contribution in [-0.2, 0) is 21.2 Å². The molecule has 1 aromatic rings. The standard InChI is InChI=1S/C17H24BrFN2O4S/c1-17(2,3)25-16(22)21-6-5-14(20-26(4,23)24)15(21)9-11-7-12(18)10-13(19)8-11/h7-8,10,14-15,20H,5-6,9H2,1-4H3/t14-,15-/m0/s1. The smallest absolute Gasteiger partial charge is 0.410 e. The van der Waals surface area contributed by atoms with Gasteiger partial charge in [-0.05, 0) is 57.4 Å². The predicted octanol–water partition coefficient (Wildman–Crippen LogP) is 3.06. The maximum Gasteiger partial charge on any atom is 0.410 e. The molecular formula is C17H24BrFN2O4S. The second-order valence-corrected chi connectivity index (χ2v) is 10.2. The van der Waals surface area contributed by atoms with Gasteiger partial charge in [-0.25, -0.2) is 22.3 Å². The highest BCUT2D eigenvalue weighted by Gasteiger charge is 2.40. The van der Waals surface area contributed by atoms with Crippen molar-refractivity contribution < 1.29 is 22.3 Å². The molecule has 0 radical (unpaired) electrons. The minimum absolute atomic E-state index is 0.308. The number of likely N-dealkylation sites (tertiary alicyclic amines) is 1. The quantitative estimate of drug-likeness (QED) is 0.764. The lowest BCUT2D eigenvalue weighted by atomic mass is 10.0. The molecule has 1 aromatic carbocycles. The Balaban J connectivity index is 2.28. The molecule has 0 aromatic heterocycles. The van der Waals surface area contributed by atoms with Crippen LogP contribution in [0.4, 0.5) is 9.18 Å². The average molecular weight is 451 g/mol. The van der Waals surface area contributed by atoms with Gasteiger partial charge >= 0.3 is 6.09 Å². The summed E-state index contributed by atoms with van der Waals surface area (Å²) in [4.78, 5) is 14.1. The minimum atomic E-state index is -3.45. The zero-order valence-electron chi connectivity index (χ0n) is 15.3. The molecule has 1 saturated heterocycles. The minimum Gasteiger partial charge on any atom is -0.444 e. The van der Waals surface area contributed by atoms with Crippen molar-refractivity contribution in [1.29, 1.82) is 0 Å². The highest BCUT2D eigenvalue weighted by Crippen LogP contribution is 2.26. The summed E-state index contributed by atoms with van der Waals surface area (Å²) in [5.41, 5.74) is 0.00363. The lowest BCUT2D eigenvalue weighted by Gasteiger charge is -2.31. The van der Waals surface area contributed by atoms with Gasteiger partial charge in [0.2, 0.25) is 10.0 Å².